The molecule has 0 radical (unpaired) electrons. The van der Waals surface area contributed by atoms with Gasteiger partial charge in [-0.2, -0.15) is 18.3 Å². The molecule has 2 fully saturated rings. The van der Waals surface area contributed by atoms with Crippen LogP contribution in [0.3, 0.4) is 0 Å². The number of hydrogen-bond acceptors (Lipinski definition) is 5. The fourth-order valence-corrected chi connectivity index (χ4v) is 4.42. The van der Waals surface area contributed by atoms with Crippen LogP contribution in [-0.4, -0.2) is 68.5 Å². The molecule has 12 heteroatoms. The summed E-state index contributed by atoms with van der Waals surface area (Å²) >= 11 is 0. The summed E-state index contributed by atoms with van der Waals surface area (Å²) in [5, 5.41) is 7.11. The van der Waals surface area contributed by atoms with E-state index in [9.17, 15) is 27.6 Å². The summed E-state index contributed by atoms with van der Waals surface area (Å²) in [5.41, 5.74) is 0.599. The fraction of sp³-hybridized carbons (Fsp3) is 0.458. The van der Waals surface area contributed by atoms with Crippen molar-refractivity contribution in [3.8, 4) is 0 Å². The zero-order valence-electron chi connectivity index (χ0n) is 19.4. The number of nitrogens with one attached hydrogen (secondary N) is 1. The lowest BCUT2D eigenvalue weighted by atomic mass is 10.0. The molecule has 0 atom stereocenters. The van der Waals surface area contributed by atoms with Gasteiger partial charge in [0.1, 0.15) is 17.9 Å². The highest BCUT2D eigenvalue weighted by Gasteiger charge is 2.35. The highest BCUT2D eigenvalue weighted by atomic mass is 19.4. The predicted octanol–water partition coefficient (Wildman–Crippen LogP) is 2.09. The number of allylic oxidation sites excluding steroid dienone is 1. The average Bonchev–Trinajstić information content (AvgIpc) is 3.63. The summed E-state index contributed by atoms with van der Waals surface area (Å²) in [5.74, 6) is -0.439. The first-order valence-corrected chi connectivity index (χ1v) is 11.9. The molecule has 2 aromatic rings. The van der Waals surface area contributed by atoms with Gasteiger partial charge in [-0.05, 0) is 43.9 Å². The molecule has 3 aliphatic rings. The van der Waals surface area contributed by atoms with Gasteiger partial charge in [-0.15, -0.1) is 0 Å². The van der Waals surface area contributed by atoms with Crippen molar-refractivity contribution in [1.82, 2.24) is 29.9 Å². The van der Waals surface area contributed by atoms with Crippen molar-refractivity contribution >= 4 is 23.8 Å². The van der Waals surface area contributed by atoms with E-state index in [-0.39, 0.29) is 30.0 Å². The zero-order valence-corrected chi connectivity index (χ0v) is 19.4. The first-order chi connectivity index (χ1) is 17.2. The van der Waals surface area contributed by atoms with E-state index in [1.165, 1.54) is 6.07 Å². The summed E-state index contributed by atoms with van der Waals surface area (Å²) in [6.07, 6.45) is 1.67. The summed E-state index contributed by atoms with van der Waals surface area (Å²) in [6, 6.07) is 3.18. The van der Waals surface area contributed by atoms with Crippen LogP contribution in [-0.2, 0) is 28.7 Å². The van der Waals surface area contributed by atoms with Crippen LogP contribution < -0.4 is 5.32 Å². The Morgan fingerprint density at radius 1 is 1.03 bits per heavy atom. The number of fused-ring (bicyclic) bond motifs is 1. The largest absolute Gasteiger partial charge is 0.433 e. The van der Waals surface area contributed by atoms with E-state index in [0.717, 1.165) is 36.2 Å². The Balaban J connectivity index is 1.18. The second kappa shape index (κ2) is 9.40. The molecule has 1 saturated heterocycles. The lowest BCUT2D eigenvalue weighted by Crippen LogP contribution is -2.51. The topological polar surface area (TPSA) is 100 Å². The Hall–Kier alpha value is -3.70. The van der Waals surface area contributed by atoms with Crippen molar-refractivity contribution in [3.05, 3.63) is 52.7 Å². The Labute approximate surface area is 204 Å². The quantitative estimate of drug-likeness (QED) is 0.675. The summed E-state index contributed by atoms with van der Waals surface area (Å²) in [6.45, 7) is 2.15. The molecule has 9 nitrogen and oxygen atoms in total. The third-order valence-corrected chi connectivity index (χ3v) is 6.55. The van der Waals surface area contributed by atoms with Crippen LogP contribution in [0, 0.1) is 5.92 Å². The summed E-state index contributed by atoms with van der Waals surface area (Å²) in [4.78, 5) is 44.4. The lowest BCUT2D eigenvalue weighted by molar-refractivity contribution is -0.141. The molecule has 1 saturated carbocycles. The molecule has 3 amide bonds. The van der Waals surface area contributed by atoms with Gasteiger partial charge < -0.3 is 15.1 Å². The predicted molar refractivity (Wildman–Crippen MR) is 121 cm³/mol. The van der Waals surface area contributed by atoms with Crippen molar-refractivity contribution in [2.45, 2.75) is 38.4 Å². The molecular weight excluding hydrogens is 477 g/mol. The molecule has 0 unspecified atom stereocenters. The van der Waals surface area contributed by atoms with Gasteiger partial charge in [-0.3, -0.25) is 19.1 Å². The molecule has 2 aromatic heterocycles. The van der Waals surface area contributed by atoms with Crippen molar-refractivity contribution in [3.63, 3.8) is 0 Å². The molecular formula is C24H25F3N6O3. The third-order valence-electron chi connectivity index (χ3n) is 6.55. The van der Waals surface area contributed by atoms with Gasteiger partial charge in [0.05, 0.1) is 5.69 Å². The number of aromatic nitrogens is 3. The van der Waals surface area contributed by atoms with E-state index in [1.807, 2.05) is 4.90 Å². The molecule has 0 bridgehead atoms. The van der Waals surface area contributed by atoms with E-state index >= 15 is 0 Å². The number of amides is 3. The first-order valence-electron chi connectivity index (χ1n) is 11.9. The second-order valence-corrected chi connectivity index (χ2v) is 9.24. The Morgan fingerprint density at radius 3 is 2.44 bits per heavy atom. The average molecular weight is 502 g/mol. The maximum atomic E-state index is 12.9. The van der Waals surface area contributed by atoms with Crippen LogP contribution >= 0.6 is 0 Å². The Kier molecular flexibility index (Phi) is 6.27. The van der Waals surface area contributed by atoms with E-state index in [2.05, 4.69) is 15.4 Å². The van der Waals surface area contributed by atoms with Crippen LogP contribution in [0.5, 0.6) is 0 Å². The summed E-state index contributed by atoms with van der Waals surface area (Å²) < 4.78 is 40.2. The standard InChI is InChI=1S/C24H25F3N6O3/c25-24(26,27)20-3-1-2-19(29-20)22(35)28-17-6-7-18-16(12-17)13-33(30-18)14-21(34)31-8-10-32(11-9-31)23(36)15-4-5-15/h1-3,12-13,15H,4-11,14H2,(H,28,35). The molecule has 36 heavy (non-hydrogen) atoms. The number of piperazine rings is 1. The van der Waals surface area contributed by atoms with Gasteiger partial charge in [0.2, 0.25) is 11.8 Å². The van der Waals surface area contributed by atoms with E-state index in [0.29, 0.717) is 44.7 Å². The highest BCUT2D eigenvalue weighted by molar-refractivity contribution is 5.94. The van der Waals surface area contributed by atoms with E-state index in [4.69, 9.17) is 0 Å². The minimum atomic E-state index is -4.64. The lowest BCUT2D eigenvalue weighted by Gasteiger charge is -2.34. The van der Waals surface area contributed by atoms with Gasteiger partial charge in [-0.25, -0.2) is 4.98 Å². The minimum Gasteiger partial charge on any atom is -0.339 e. The highest BCUT2D eigenvalue weighted by Crippen LogP contribution is 2.31. The normalized spacial score (nSPS) is 17.9. The van der Waals surface area contributed by atoms with E-state index in [1.54, 1.807) is 21.9 Å². The number of carbonyl (C=O) groups is 3. The van der Waals surface area contributed by atoms with Crippen molar-refractivity contribution in [2.24, 2.45) is 5.92 Å². The molecule has 1 aliphatic heterocycles. The number of pyridine rings is 1. The molecule has 0 aromatic carbocycles. The van der Waals surface area contributed by atoms with Gasteiger partial charge in [-0.1, -0.05) is 6.07 Å². The molecule has 2 aliphatic carbocycles. The Bertz CT molecular complexity index is 1230. The number of aryl methyl sites for hydroxylation is 1. The number of carbonyl (C=O) groups excluding carboxylic acids is 3. The van der Waals surface area contributed by atoms with Gasteiger partial charge in [0.25, 0.3) is 5.91 Å². The van der Waals surface area contributed by atoms with Crippen LogP contribution in [0.4, 0.5) is 13.2 Å². The molecule has 5 rings (SSSR count). The second-order valence-electron chi connectivity index (χ2n) is 9.24. The minimum absolute atomic E-state index is 0.0628. The van der Waals surface area contributed by atoms with Crippen LogP contribution in [0.2, 0.25) is 0 Å². The van der Waals surface area contributed by atoms with Crippen molar-refractivity contribution < 1.29 is 27.6 Å². The van der Waals surface area contributed by atoms with Gasteiger partial charge >= 0.3 is 6.18 Å². The van der Waals surface area contributed by atoms with Crippen LogP contribution in [0.1, 0.15) is 46.7 Å². The maximum Gasteiger partial charge on any atom is 0.433 e. The SMILES string of the molecule is O=C(NC1=Cc2cn(CC(=O)N3CCN(C(=O)C4CC4)CC3)nc2CC1)c1cccc(C(F)(F)F)n1. The molecule has 190 valence electrons. The number of hydrogen-bond donors (Lipinski definition) is 1. The van der Waals surface area contributed by atoms with Crippen molar-refractivity contribution in [1.29, 1.82) is 0 Å². The Morgan fingerprint density at radius 2 is 1.75 bits per heavy atom. The monoisotopic (exact) mass is 502 g/mol. The number of nitrogens with zero attached hydrogens (tertiary/aromatic N) is 5. The number of halogens is 3. The van der Waals surface area contributed by atoms with E-state index < -0.39 is 17.8 Å². The fourth-order valence-electron chi connectivity index (χ4n) is 4.42. The zero-order chi connectivity index (χ0) is 25.4. The molecule has 3 heterocycles. The van der Waals surface area contributed by atoms with Crippen LogP contribution in [0.15, 0.2) is 30.1 Å². The van der Waals surface area contributed by atoms with Gasteiger partial charge in [0, 0.05) is 49.6 Å². The van der Waals surface area contributed by atoms with Crippen molar-refractivity contribution in [2.75, 3.05) is 26.2 Å². The third kappa shape index (κ3) is 5.26. The molecule has 0 spiro atoms. The molecule has 1 N–H and O–H groups in total. The number of rotatable bonds is 5. The summed E-state index contributed by atoms with van der Waals surface area (Å²) in [7, 11) is 0. The maximum absolute atomic E-state index is 12.9. The number of alkyl halides is 3. The smallest absolute Gasteiger partial charge is 0.339 e. The van der Waals surface area contributed by atoms with Crippen LogP contribution in [0.25, 0.3) is 6.08 Å². The first kappa shape index (κ1) is 24.0. The van der Waals surface area contributed by atoms with Gasteiger partial charge in [0.15, 0.2) is 0 Å².